The summed E-state index contributed by atoms with van der Waals surface area (Å²) in [6, 6.07) is 5.05. The predicted molar refractivity (Wildman–Crippen MR) is 80.7 cm³/mol. The molecule has 1 aliphatic rings. The molecule has 0 saturated carbocycles. The van der Waals surface area contributed by atoms with Gasteiger partial charge in [-0.05, 0) is 43.5 Å². The average molecular weight is 325 g/mol. The van der Waals surface area contributed by atoms with Crippen molar-refractivity contribution in [2.24, 2.45) is 0 Å². The third-order valence-corrected chi connectivity index (χ3v) is 3.93. The Labute approximate surface area is 132 Å². The van der Waals surface area contributed by atoms with Gasteiger partial charge in [-0.25, -0.2) is 4.68 Å². The topological polar surface area (TPSA) is 39.1 Å². The number of halogens is 3. The first kappa shape index (κ1) is 15.9. The lowest BCUT2D eigenvalue weighted by atomic mass is 10.1. The van der Waals surface area contributed by atoms with Gasteiger partial charge in [0, 0.05) is 19.2 Å². The van der Waals surface area contributed by atoms with E-state index in [9.17, 15) is 13.2 Å². The van der Waals surface area contributed by atoms with Crippen LogP contribution in [-0.4, -0.2) is 23.4 Å². The zero-order chi connectivity index (χ0) is 16.4. The summed E-state index contributed by atoms with van der Waals surface area (Å²) in [6.45, 7) is 1.21. The summed E-state index contributed by atoms with van der Waals surface area (Å²) >= 11 is 0. The molecule has 2 aromatic rings. The second-order valence-electron chi connectivity index (χ2n) is 5.55. The van der Waals surface area contributed by atoms with E-state index in [0.29, 0.717) is 12.3 Å². The zero-order valence-corrected chi connectivity index (χ0v) is 12.8. The fraction of sp³-hybridized carbons (Fsp3) is 0.438. The summed E-state index contributed by atoms with van der Waals surface area (Å²) < 4.78 is 45.0. The molecule has 7 heteroatoms. The molecular weight excluding hydrogens is 307 g/mol. The summed E-state index contributed by atoms with van der Waals surface area (Å²) in [4.78, 5) is 0. The van der Waals surface area contributed by atoms with Crippen LogP contribution in [0.15, 0.2) is 24.3 Å². The van der Waals surface area contributed by atoms with Crippen molar-refractivity contribution < 1.29 is 17.9 Å². The molecule has 124 valence electrons. The summed E-state index contributed by atoms with van der Waals surface area (Å²) in [5, 5.41) is 7.87. The number of hydrogen-bond donors (Lipinski definition) is 1. The highest BCUT2D eigenvalue weighted by Crippen LogP contribution is 2.32. The number of fused-ring (bicyclic) bond motifs is 1. The molecule has 23 heavy (non-hydrogen) atoms. The Kier molecular flexibility index (Phi) is 4.30. The highest BCUT2D eigenvalue weighted by atomic mass is 19.4. The van der Waals surface area contributed by atoms with Gasteiger partial charge >= 0.3 is 6.18 Å². The van der Waals surface area contributed by atoms with Crippen LogP contribution in [0, 0.1) is 0 Å². The van der Waals surface area contributed by atoms with E-state index in [-0.39, 0.29) is 0 Å². The minimum atomic E-state index is -4.33. The molecule has 0 bridgehead atoms. The normalized spacial score (nSPS) is 15.0. The lowest BCUT2D eigenvalue weighted by Crippen LogP contribution is -2.08. The lowest BCUT2D eigenvalue weighted by molar-refractivity contribution is -0.137. The van der Waals surface area contributed by atoms with Crippen molar-refractivity contribution in [1.29, 1.82) is 0 Å². The van der Waals surface area contributed by atoms with Crippen LogP contribution in [0.4, 0.5) is 19.0 Å². The fourth-order valence-electron chi connectivity index (χ4n) is 2.80. The first-order chi connectivity index (χ1) is 11.0. The molecule has 0 fully saturated rings. The Bertz CT molecular complexity index is 677. The molecule has 1 aliphatic heterocycles. The average Bonchev–Trinajstić information content (AvgIpc) is 2.70. The molecular formula is C16H18F3N3O. The van der Waals surface area contributed by atoms with Crippen molar-refractivity contribution >= 4 is 5.82 Å². The maximum Gasteiger partial charge on any atom is 0.416 e. The number of ether oxygens (including phenoxy) is 1. The molecule has 2 heterocycles. The molecule has 0 unspecified atom stereocenters. The van der Waals surface area contributed by atoms with Gasteiger partial charge in [0.1, 0.15) is 5.82 Å². The van der Waals surface area contributed by atoms with Gasteiger partial charge in [-0.15, -0.1) is 0 Å². The van der Waals surface area contributed by atoms with Crippen molar-refractivity contribution in [3.05, 3.63) is 41.1 Å². The van der Waals surface area contributed by atoms with Crippen LogP contribution in [0.5, 0.6) is 0 Å². The number of anilines is 1. The smallest absolute Gasteiger partial charge is 0.378 e. The van der Waals surface area contributed by atoms with Gasteiger partial charge in [0.15, 0.2) is 0 Å². The molecule has 0 amide bonds. The van der Waals surface area contributed by atoms with E-state index in [1.54, 1.807) is 11.8 Å². The maximum absolute atomic E-state index is 12.7. The standard InChI is InChI=1S/C16H18F3N3O/c1-23-10-14-13-4-2-3-9-20-15(13)22(21-14)12-7-5-11(6-8-12)16(17,18)19/h5-8,20H,2-4,9-10H2,1H3. The van der Waals surface area contributed by atoms with E-state index < -0.39 is 11.7 Å². The van der Waals surface area contributed by atoms with Crippen LogP contribution < -0.4 is 5.32 Å². The van der Waals surface area contributed by atoms with Crippen LogP contribution in [0.1, 0.15) is 29.7 Å². The van der Waals surface area contributed by atoms with Crippen LogP contribution in [0.25, 0.3) is 5.69 Å². The van der Waals surface area contributed by atoms with Gasteiger partial charge in [0.2, 0.25) is 0 Å². The quantitative estimate of drug-likeness (QED) is 0.933. The highest BCUT2D eigenvalue weighted by molar-refractivity contribution is 5.54. The number of aromatic nitrogens is 2. The van der Waals surface area contributed by atoms with E-state index >= 15 is 0 Å². The minimum Gasteiger partial charge on any atom is -0.378 e. The highest BCUT2D eigenvalue weighted by Gasteiger charge is 2.30. The van der Waals surface area contributed by atoms with Gasteiger partial charge in [-0.2, -0.15) is 18.3 Å². The Morgan fingerprint density at radius 1 is 1.22 bits per heavy atom. The van der Waals surface area contributed by atoms with Gasteiger partial charge in [0.05, 0.1) is 23.6 Å². The monoisotopic (exact) mass is 325 g/mol. The number of nitrogens with one attached hydrogen (secondary N) is 1. The fourth-order valence-corrected chi connectivity index (χ4v) is 2.80. The second-order valence-corrected chi connectivity index (χ2v) is 5.55. The Morgan fingerprint density at radius 2 is 1.96 bits per heavy atom. The first-order valence-electron chi connectivity index (χ1n) is 7.52. The van der Waals surface area contributed by atoms with Crippen molar-refractivity contribution in [3.63, 3.8) is 0 Å². The van der Waals surface area contributed by atoms with Gasteiger partial charge in [0.25, 0.3) is 0 Å². The van der Waals surface area contributed by atoms with E-state index in [4.69, 9.17) is 4.74 Å². The summed E-state index contributed by atoms with van der Waals surface area (Å²) in [6.07, 6.45) is -1.34. The third kappa shape index (κ3) is 3.19. The summed E-state index contributed by atoms with van der Waals surface area (Å²) in [5.41, 5.74) is 1.86. The van der Waals surface area contributed by atoms with Crippen LogP contribution in [0.2, 0.25) is 0 Å². The first-order valence-corrected chi connectivity index (χ1v) is 7.52. The van der Waals surface area contributed by atoms with Crippen LogP contribution in [0.3, 0.4) is 0 Å². The Morgan fingerprint density at radius 3 is 2.61 bits per heavy atom. The van der Waals surface area contributed by atoms with E-state index in [1.165, 1.54) is 12.1 Å². The number of benzene rings is 1. The van der Waals surface area contributed by atoms with E-state index in [0.717, 1.165) is 55.0 Å². The van der Waals surface area contributed by atoms with Crippen molar-refractivity contribution in [1.82, 2.24) is 9.78 Å². The summed E-state index contributed by atoms with van der Waals surface area (Å²) in [5.74, 6) is 0.856. The Hall–Kier alpha value is -2.02. The number of nitrogens with zero attached hydrogens (tertiary/aromatic N) is 2. The molecule has 3 rings (SSSR count). The maximum atomic E-state index is 12.7. The van der Waals surface area contributed by atoms with Crippen LogP contribution in [-0.2, 0) is 23.9 Å². The molecule has 0 radical (unpaired) electrons. The van der Waals surface area contributed by atoms with Crippen molar-refractivity contribution in [2.75, 3.05) is 19.0 Å². The van der Waals surface area contributed by atoms with Gasteiger partial charge in [-0.3, -0.25) is 0 Å². The largest absolute Gasteiger partial charge is 0.416 e. The van der Waals surface area contributed by atoms with Gasteiger partial charge in [-0.1, -0.05) is 0 Å². The SMILES string of the molecule is COCc1nn(-c2ccc(C(F)(F)F)cc2)c2c1CCCCN2. The molecule has 1 aromatic heterocycles. The molecule has 0 aliphatic carbocycles. The van der Waals surface area contributed by atoms with Gasteiger partial charge < -0.3 is 10.1 Å². The molecule has 0 atom stereocenters. The van der Waals surface area contributed by atoms with E-state index in [1.807, 2.05) is 0 Å². The lowest BCUT2D eigenvalue weighted by Gasteiger charge is -2.11. The predicted octanol–water partition coefficient (Wildman–Crippen LogP) is 3.79. The van der Waals surface area contributed by atoms with E-state index in [2.05, 4.69) is 10.4 Å². The minimum absolute atomic E-state index is 0.387. The number of methoxy groups -OCH3 is 1. The Balaban J connectivity index is 2.02. The molecule has 1 aromatic carbocycles. The second kappa shape index (κ2) is 6.23. The molecule has 4 nitrogen and oxygen atoms in total. The summed E-state index contributed by atoms with van der Waals surface area (Å²) in [7, 11) is 1.60. The molecule has 0 spiro atoms. The third-order valence-electron chi connectivity index (χ3n) is 3.93. The molecule has 1 N–H and O–H groups in total. The number of alkyl halides is 3. The molecule has 0 saturated heterocycles. The number of hydrogen-bond acceptors (Lipinski definition) is 3. The van der Waals surface area contributed by atoms with Crippen LogP contribution >= 0.6 is 0 Å². The number of rotatable bonds is 3. The zero-order valence-electron chi connectivity index (χ0n) is 12.8. The van der Waals surface area contributed by atoms with Crippen molar-refractivity contribution in [2.45, 2.75) is 32.0 Å². The van der Waals surface area contributed by atoms with Crippen molar-refractivity contribution in [3.8, 4) is 5.69 Å².